The minimum atomic E-state index is -0.587. The zero-order chi connectivity index (χ0) is 14.2. The van der Waals surface area contributed by atoms with Crippen molar-refractivity contribution in [2.75, 3.05) is 31.1 Å². The monoisotopic (exact) mass is 349 g/mol. The van der Waals surface area contributed by atoms with Crippen molar-refractivity contribution in [2.45, 2.75) is 31.2 Å². The Morgan fingerprint density at radius 2 is 1.77 bits per heavy atom. The highest BCUT2D eigenvalue weighted by Crippen LogP contribution is 2.29. The summed E-state index contributed by atoms with van der Waals surface area (Å²) in [6, 6.07) is 0. The van der Waals surface area contributed by atoms with Crippen LogP contribution < -0.4 is 10.6 Å². The Morgan fingerprint density at radius 1 is 1.18 bits per heavy atom. The highest BCUT2D eigenvalue weighted by atomic mass is 35.5. The number of aromatic nitrogens is 2. The van der Waals surface area contributed by atoms with Crippen molar-refractivity contribution in [2.24, 2.45) is 12.8 Å². The fourth-order valence-corrected chi connectivity index (χ4v) is 3.27. The molecule has 0 unspecified atom stereocenters. The van der Waals surface area contributed by atoms with Gasteiger partial charge in [-0.2, -0.15) is 5.10 Å². The highest BCUT2D eigenvalue weighted by Gasteiger charge is 2.40. The topological polar surface area (TPSA) is 67.4 Å². The maximum Gasteiger partial charge on any atom is 0.242 e. The van der Waals surface area contributed by atoms with Crippen molar-refractivity contribution < 1.29 is 4.79 Å². The molecule has 2 heterocycles. The van der Waals surface area contributed by atoms with E-state index in [1.807, 2.05) is 24.3 Å². The van der Waals surface area contributed by atoms with Crippen molar-refractivity contribution in [1.29, 1.82) is 0 Å². The van der Waals surface area contributed by atoms with E-state index in [1.54, 1.807) is 4.68 Å². The van der Waals surface area contributed by atoms with E-state index in [2.05, 4.69) is 10.00 Å². The maximum atomic E-state index is 12.5. The molecule has 6 nitrogen and oxygen atoms in total. The molecule has 1 aromatic rings. The number of anilines is 1. The Morgan fingerprint density at radius 3 is 2.27 bits per heavy atom. The first-order valence-corrected chi connectivity index (χ1v) is 7.40. The van der Waals surface area contributed by atoms with Gasteiger partial charge in [0, 0.05) is 39.4 Å². The fourth-order valence-electron chi connectivity index (χ4n) is 3.27. The zero-order valence-corrected chi connectivity index (χ0v) is 14.5. The summed E-state index contributed by atoms with van der Waals surface area (Å²) in [6.45, 7) is 3.22. The summed E-state index contributed by atoms with van der Waals surface area (Å²) in [5, 5.41) is 4.19. The molecule has 1 aliphatic heterocycles. The van der Waals surface area contributed by atoms with Crippen molar-refractivity contribution in [1.82, 2.24) is 14.7 Å². The molecule has 0 bridgehead atoms. The number of carbonyl (C=O) groups is 1. The van der Waals surface area contributed by atoms with Gasteiger partial charge in [0.2, 0.25) is 5.91 Å². The van der Waals surface area contributed by atoms with Crippen LogP contribution in [0.15, 0.2) is 12.4 Å². The van der Waals surface area contributed by atoms with E-state index in [-0.39, 0.29) is 30.7 Å². The second-order valence-electron chi connectivity index (χ2n) is 6.01. The van der Waals surface area contributed by atoms with Crippen LogP contribution in [0.5, 0.6) is 0 Å². The van der Waals surface area contributed by atoms with Gasteiger partial charge in [-0.05, 0) is 12.8 Å². The molecule has 8 heteroatoms. The molecule has 2 fully saturated rings. The van der Waals surface area contributed by atoms with Crippen LogP contribution in [0.3, 0.4) is 0 Å². The third-order valence-electron chi connectivity index (χ3n) is 4.54. The summed E-state index contributed by atoms with van der Waals surface area (Å²) in [5.74, 6) is 0.154. The van der Waals surface area contributed by atoms with Crippen LogP contribution in [0.2, 0.25) is 0 Å². The van der Waals surface area contributed by atoms with Crippen LogP contribution in [0.1, 0.15) is 25.7 Å². The van der Waals surface area contributed by atoms with Gasteiger partial charge in [0.05, 0.1) is 17.4 Å². The lowest BCUT2D eigenvalue weighted by atomic mass is 9.97. The molecule has 0 atom stereocenters. The van der Waals surface area contributed by atoms with Gasteiger partial charge in [-0.3, -0.25) is 9.48 Å². The number of nitrogens with two attached hydrogens (primary N) is 1. The molecule has 1 saturated heterocycles. The van der Waals surface area contributed by atoms with Crippen LogP contribution in [-0.2, 0) is 11.8 Å². The number of carbonyl (C=O) groups excluding carboxylic acids is 1. The van der Waals surface area contributed by atoms with Gasteiger partial charge in [0.25, 0.3) is 0 Å². The van der Waals surface area contributed by atoms with Gasteiger partial charge in [-0.15, -0.1) is 24.8 Å². The summed E-state index contributed by atoms with van der Waals surface area (Å²) >= 11 is 0. The lowest BCUT2D eigenvalue weighted by Crippen LogP contribution is -2.58. The molecular formula is C14H25Cl2N5O. The molecule has 126 valence electrons. The van der Waals surface area contributed by atoms with E-state index in [0.717, 1.165) is 57.5 Å². The Kier molecular flexibility index (Phi) is 6.52. The van der Waals surface area contributed by atoms with Crippen molar-refractivity contribution >= 4 is 36.4 Å². The quantitative estimate of drug-likeness (QED) is 0.870. The average Bonchev–Trinajstić information content (AvgIpc) is 3.08. The van der Waals surface area contributed by atoms with Crippen LogP contribution in [0, 0.1) is 0 Å². The molecule has 2 N–H and O–H groups in total. The van der Waals surface area contributed by atoms with Gasteiger partial charge in [0.15, 0.2) is 0 Å². The number of nitrogens with zero attached hydrogens (tertiary/aromatic N) is 4. The average molecular weight is 350 g/mol. The predicted molar refractivity (Wildman–Crippen MR) is 91.9 cm³/mol. The van der Waals surface area contributed by atoms with Crippen molar-refractivity contribution in [3.8, 4) is 0 Å². The van der Waals surface area contributed by atoms with Crippen LogP contribution in [0.4, 0.5) is 5.69 Å². The molecule has 1 aromatic heterocycles. The Hall–Kier alpha value is -0.980. The number of hydrogen-bond acceptors (Lipinski definition) is 4. The Bertz CT molecular complexity index is 493. The van der Waals surface area contributed by atoms with E-state index in [4.69, 9.17) is 5.73 Å². The van der Waals surface area contributed by atoms with Gasteiger partial charge in [-0.1, -0.05) is 12.8 Å². The van der Waals surface area contributed by atoms with E-state index < -0.39 is 5.54 Å². The second-order valence-corrected chi connectivity index (χ2v) is 6.01. The standard InChI is InChI=1S/C14H23N5O.2ClH/c1-17-11-12(10-16-17)18-6-8-19(9-7-18)13(20)14(15)4-2-3-5-14;;/h10-11H,2-9,15H2,1H3;2*1H. The normalized spacial score (nSPS) is 20.3. The first kappa shape index (κ1) is 19.1. The third-order valence-corrected chi connectivity index (χ3v) is 4.54. The molecular weight excluding hydrogens is 325 g/mol. The summed E-state index contributed by atoms with van der Waals surface area (Å²) in [5.41, 5.74) is 6.81. The van der Waals surface area contributed by atoms with E-state index in [0.29, 0.717) is 0 Å². The largest absolute Gasteiger partial charge is 0.365 e. The van der Waals surface area contributed by atoms with Gasteiger partial charge in [-0.25, -0.2) is 0 Å². The SMILES string of the molecule is Cl.Cl.Cn1cc(N2CCN(C(=O)C3(N)CCCC3)CC2)cn1. The van der Waals surface area contributed by atoms with Crippen LogP contribution in [0.25, 0.3) is 0 Å². The van der Waals surface area contributed by atoms with Crippen LogP contribution >= 0.6 is 24.8 Å². The number of halogens is 2. The second kappa shape index (κ2) is 7.53. The molecule has 1 amide bonds. The highest BCUT2D eigenvalue weighted by molar-refractivity contribution is 5.86. The zero-order valence-electron chi connectivity index (χ0n) is 12.9. The summed E-state index contributed by atoms with van der Waals surface area (Å²) in [6.07, 6.45) is 7.73. The molecule has 0 spiro atoms. The maximum absolute atomic E-state index is 12.5. The lowest BCUT2D eigenvalue weighted by molar-refractivity contribution is -0.137. The smallest absolute Gasteiger partial charge is 0.242 e. The van der Waals surface area contributed by atoms with E-state index in [9.17, 15) is 4.79 Å². The Labute approximate surface area is 143 Å². The summed E-state index contributed by atoms with van der Waals surface area (Å²) in [7, 11) is 1.92. The molecule has 0 aromatic carbocycles. The number of amides is 1. The van der Waals surface area contributed by atoms with Gasteiger partial charge < -0.3 is 15.5 Å². The summed E-state index contributed by atoms with van der Waals surface area (Å²) < 4.78 is 1.81. The third kappa shape index (κ3) is 3.67. The van der Waals surface area contributed by atoms with Crippen molar-refractivity contribution in [3.05, 3.63) is 12.4 Å². The fraction of sp³-hybridized carbons (Fsp3) is 0.714. The summed E-state index contributed by atoms with van der Waals surface area (Å²) in [4.78, 5) is 16.8. The first-order valence-electron chi connectivity index (χ1n) is 7.40. The first-order chi connectivity index (χ1) is 9.58. The molecule has 1 saturated carbocycles. The number of rotatable bonds is 2. The number of aryl methyl sites for hydroxylation is 1. The van der Waals surface area contributed by atoms with Gasteiger partial charge >= 0.3 is 0 Å². The number of hydrogen-bond donors (Lipinski definition) is 1. The molecule has 3 rings (SSSR count). The van der Waals surface area contributed by atoms with E-state index in [1.165, 1.54) is 0 Å². The van der Waals surface area contributed by atoms with Gasteiger partial charge in [0.1, 0.15) is 0 Å². The lowest BCUT2D eigenvalue weighted by Gasteiger charge is -2.38. The Balaban J connectivity index is 0.00000121. The predicted octanol–water partition coefficient (Wildman–Crippen LogP) is 1.18. The van der Waals surface area contributed by atoms with E-state index >= 15 is 0 Å². The number of piperazine rings is 1. The minimum Gasteiger partial charge on any atom is -0.365 e. The molecule has 1 aliphatic carbocycles. The molecule has 22 heavy (non-hydrogen) atoms. The molecule has 2 aliphatic rings. The van der Waals surface area contributed by atoms with Crippen LogP contribution in [-0.4, -0.2) is 52.3 Å². The minimum absolute atomic E-state index is 0. The van der Waals surface area contributed by atoms with Crippen molar-refractivity contribution in [3.63, 3.8) is 0 Å². The molecule has 0 radical (unpaired) electrons.